The van der Waals surface area contributed by atoms with Gasteiger partial charge in [-0.05, 0) is 0 Å². The molecule has 0 aliphatic rings. The summed E-state index contributed by atoms with van der Waals surface area (Å²) in [5, 5.41) is 208. The molecule has 0 unspecified atom stereocenters. The van der Waals surface area contributed by atoms with Crippen LogP contribution in [0.25, 0.3) is 0 Å². The zero-order chi connectivity index (χ0) is 78.5. The van der Waals surface area contributed by atoms with E-state index in [-0.39, 0.29) is 112 Å². The van der Waals surface area contributed by atoms with Gasteiger partial charge in [0.05, 0.1) is 119 Å². The number of hydrogen-bond donors (Lipinski definition) is 0. The van der Waals surface area contributed by atoms with Crippen molar-refractivity contribution in [3.05, 3.63) is 0 Å². The van der Waals surface area contributed by atoms with Gasteiger partial charge in [-0.2, -0.15) is 0 Å². The van der Waals surface area contributed by atoms with Gasteiger partial charge in [0.1, 0.15) is 0 Å². The van der Waals surface area contributed by atoms with E-state index in [0.29, 0.717) is 0 Å². The number of carbonyl (C=O) groups excluding carboxylic acids is 20. The summed E-state index contributed by atoms with van der Waals surface area (Å²) in [4.78, 5) is 217. The molecule has 0 N–H and O–H groups in total. The van der Waals surface area contributed by atoms with E-state index in [0.717, 1.165) is 49.0 Å². The number of carboxylic acid groups (broad SMARTS) is 20. The van der Waals surface area contributed by atoms with Crippen LogP contribution in [0.3, 0.4) is 0 Å². The van der Waals surface area contributed by atoms with Crippen molar-refractivity contribution < 1.29 is 245 Å². The van der Waals surface area contributed by atoms with Gasteiger partial charge in [0.15, 0.2) is 0 Å². The molecule has 0 spiro atoms. The Labute approximate surface area is 606 Å². The van der Waals surface area contributed by atoms with E-state index in [1.165, 1.54) is 0 Å². The minimum Gasteiger partial charge on any atom is -0.549 e. The Hall–Kier alpha value is -9.48. The van der Waals surface area contributed by atoms with E-state index >= 15 is 0 Å². The van der Waals surface area contributed by atoms with Crippen LogP contribution in [0, 0.1) is 0 Å². The molecule has 0 aromatic heterocycles. The number of rotatable bonds is 55. The molecule has 0 aliphatic carbocycles. The molecule has 575 valence electrons. The topological polar surface area (TPSA) is 835 Å². The van der Waals surface area contributed by atoms with Crippen molar-refractivity contribution in [1.82, 2.24) is 49.0 Å². The van der Waals surface area contributed by atoms with E-state index in [4.69, 9.17) is 0 Å². The fourth-order valence-electron chi connectivity index (χ4n) is 7.21. The van der Waals surface area contributed by atoms with Crippen LogP contribution in [0.4, 0.5) is 0 Å². The van der Waals surface area contributed by atoms with Gasteiger partial charge in [0.2, 0.25) is 0 Å². The maximum Gasteiger partial charge on any atom is 3.00 e. The molecular weight excluding hydrogens is 1460 g/mol. The number of aliphatic carboxylic acids is 20. The van der Waals surface area contributed by atoms with Gasteiger partial charge in [0, 0.05) is 196 Å². The van der Waals surface area contributed by atoms with Gasteiger partial charge in [-0.25, -0.2) is 0 Å². The second-order valence-electron chi connectivity index (χ2n) is 19.5. The number of carbonyl (C=O) groups is 20. The normalized spacial score (nSPS) is 10.5. The minimum absolute atomic E-state index is 0. The van der Waals surface area contributed by atoms with Crippen molar-refractivity contribution in [2.75, 3.05) is 196 Å². The Morgan fingerprint density at radius 2 is 0.167 bits per heavy atom. The van der Waals surface area contributed by atoms with Crippen molar-refractivity contribution in [1.29, 1.82) is 0 Å². The fraction of sp³-hybridized carbons (Fsp3) is 0.600. The Morgan fingerprint density at radius 3 is 0.196 bits per heavy atom. The first-order valence-electron chi connectivity index (χ1n) is 27.2. The molecule has 0 heterocycles. The summed E-state index contributed by atoms with van der Waals surface area (Å²) in [6.45, 7) is -16.3. The molecule has 0 atom stereocenters. The van der Waals surface area contributed by atoms with Gasteiger partial charge in [-0.15, -0.1) is 0 Å². The third-order valence-electron chi connectivity index (χ3n) is 10.7. The van der Waals surface area contributed by atoms with E-state index in [1.54, 1.807) is 0 Å². The van der Waals surface area contributed by atoms with Gasteiger partial charge < -0.3 is 198 Å². The summed E-state index contributed by atoms with van der Waals surface area (Å²) in [6.07, 6.45) is 0. The smallest absolute Gasteiger partial charge is 0.549 e. The minimum atomic E-state index is -1.53. The molecule has 102 heavy (non-hydrogen) atoms. The first-order chi connectivity index (χ1) is 46.0. The summed E-state index contributed by atoms with van der Waals surface area (Å²) in [5.41, 5.74) is 0. The van der Waals surface area contributed by atoms with E-state index < -0.39 is 250 Å². The summed E-state index contributed by atoms with van der Waals surface area (Å²) < 4.78 is 0. The molecule has 0 aliphatic heterocycles. The molecule has 50 nitrogen and oxygen atoms in total. The van der Waals surface area contributed by atoms with Gasteiger partial charge >= 0.3 is 46.6 Å². The number of nitrogens with zero attached hydrogens (tertiary/aromatic N) is 10. The monoisotopic (exact) mass is 1520 g/mol. The number of hydrogen-bond acceptors (Lipinski definition) is 50. The van der Waals surface area contributed by atoms with E-state index in [1.807, 2.05) is 0 Å². The quantitative estimate of drug-likeness (QED) is 0.0510. The fourth-order valence-corrected chi connectivity index (χ4v) is 7.21. The molecule has 0 saturated heterocycles. The van der Waals surface area contributed by atoms with Gasteiger partial charge in [-0.1, -0.05) is 0 Å². The predicted octanol–water partition coefficient (Wildman–Crippen LogP) is -40.0. The summed E-state index contributed by atoms with van der Waals surface area (Å²) >= 11 is 0. The average Bonchev–Trinajstić information content (AvgIpc) is 0.957. The van der Waals surface area contributed by atoms with Crippen molar-refractivity contribution in [3.8, 4) is 0 Å². The Bertz CT molecular complexity index is 2010. The zero-order valence-electron chi connectivity index (χ0n) is 53.4. The predicted molar refractivity (Wildman–Crippen MR) is 265 cm³/mol. The first-order valence-corrected chi connectivity index (χ1v) is 27.2. The van der Waals surface area contributed by atoms with Crippen molar-refractivity contribution in [3.63, 3.8) is 0 Å². The van der Waals surface area contributed by atoms with E-state index in [9.17, 15) is 198 Å². The summed E-state index contributed by atoms with van der Waals surface area (Å²) in [5.74, 6) is -30.6. The van der Waals surface area contributed by atoms with Crippen LogP contribution in [0.15, 0.2) is 0 Å². The molecule has 0 aromatic rings. The third kappa shape index (κ3) is 79.5. The van der Waals surface area contributed by atoms with Crippen LogP contribution >= 0.6 is 0 Å². The SMILES string of the molecule is O=C([O-])CN(CCN(CC(=O)[O-])CC(=O)[O-])CC(=O)[O-].O=C([O-])CN(CCN(CC(=O)[O-])CC(=O)[O-])CC(=O)[O-].O=C([O-])CN(CCN(CC(=O)[O-])CC(=O)[O-])CC(=O)[O-].O=C([O-])CN(CCN(CC(=O)[O-])CC(=O)[O-])CC(=O)[O-].O=C([O-])CN(CCN(CC(=O)[O-])CC(=O)[O-])CC(=O)[O-].[Fe+3].[Na+]. The van der Waals surface area contributed by atoms with Crippen LogP contribution < -0.4 is 132 Å². The van der Waals surface area contributed by atoms with Gasteiger partial charge in [0.25, 0.3) is 0 Å². The molecule has 0 amide bonds. The molecule has 1 radical (unpaired) electrons. The van der Waals surface area contributed by atoms with Gasteiger partial charge in [-0.3, -0.25) is 49.0 Å². The second kappa shape index (κ2) is 61.4. The molecule has 0 rings (SSSR count). The van der Waals surface area contributed by atoms with Crippen molar-refractivity contribution in [2.24, 2.45) is 0 Å². The van der Waals surface area contributed by atoms with Crippen LogP contribution in [-0.4, -0.2) is 365 Å². The zero-order valence-corrected chi connectivity index (χ0v) is 56.5. The Morgan fingerprint density at radius 1 is 0.127 bits per heavy atom. The van der Waals surface area contributed by atoms with E-state index in [2.05, 4.69) is 0 Å². The standard InChI is InChI=1S/5C10H16N2O8.Fe.Na/c5*13-7(14)3-11(4-8(15)16)1-2-12(5-9(17)18)6-10(19)20;;/h5*1-6H2,(H,13,14)(H,15,16)(H,17,18)(H,19,20);;/q;;;;;+3;+1/p-20. The molecule has 0 aromatic carbocycles. The Balaban J connectivity index is -0.000000220. The second-order valence-corrected chi connectivity index (χ2v) is 19.5. The Kier molecular flexibility index (Phi) is 63.8. The molecule has 0 bridgehead atoms. The van der Waals surface area contributed by atoms with Crippen molar-refractivity contribution in [2.45, 2.75) is 0 Å². The third-order valence-corrected chi connectivity index (χ3v) is 10.7. The maximum atomic E-state index is 10.4. The van der Waals surface area contributed by atoms with Crippen molar-refractivity contribution >= 4 is 119 Å². The molecular formula is C50H60FeN10NaO40-16. The molecule has 52 heteroatoms. The van der Waals surface area contributed by atoms with Crippen LogP contribution in [0.1, 0.15) is 0 Å². The summed E-state index contributed by atoms with van der Waals surface area (Å²) in [7, 11) is 0. The number of carboxylic acids is 20. The first kappa shape index (κ1) is 106. The van der Waals surface area contributed by atoms with Crippen LogP contribution in [-0.2, 0) is 113 Å². The molecule has 0 saturated carbocycles. The average molecular weight is 1520 g/mol. The molecule has 0 fully saturated rings. The van der Waals surface area contributed by atoms with Crippen LogP contribution in [0.2, 0.25) is 0 Å². The summed E-state index contributed by atoms with van der Waals surface area (Å²) in [6, 6.07) is 0. The van der Waals surface area contributed by atoms with Crippen LogP contribution in [0.5, 0.6) is 0 Å². The maximum absolute atomic E-state index is 10.4. The largest absolute Gasteiger partial charge is 3.00 e.